The lowest BCUT2D eigenvalue weighted by atomic mass is 9.69. The molecule has 0 saturated carbocycles. The van der Waals surface area contributed by atoms with Gasteiger partial charge in [-0.2, -0.15) is 0 Å². The lowest BCUT2D eigenvalue weighted by molar-refractivity contribution is 0.592. The zero-order valence-electron chi connectivity index (χ0n) is 24.5. The van der Waals surface area contributed by atoms with Crippen molar-refractivity contribution in [1.82, 2.24) is 5.43 Å². The van der Waals surface area contributed by atoms with Crippen molar-refractivity contribution in [3.63, 3.8) is 0 Å². The minimum absolute atomic E-state index is 0.247. The molecule has 4 nitrogen and oxygen atoms in total. The third kappa shape index (κ3) is 7.66. The average Bonchev–Trinajstić information content (AvgIpc) is 2.97. The molecular formula is C34H52N4. The van der Waals surface area contributed by atoms with Gasteiger partial charge in [0.2, 0.25) is 0 Å². The Bertz CT molecular complexity index is 911. The summed E-state index contributed by atoms with van der Waals surface area (Å²) in [6, 6.07) is 18.7. The molecule has 4 heteroatoms. The molecular weight excluding hydrogens is 464 g/mol. The van der Waals surface area contributed by atoms with Gasteiger partial charge in [-0.15, -0.1) is 0 Å². The number of rotatable bonds is 17. The van der Waals surface area contributed by atoms with E-state index < -0.39 is 0 Å². The van der Waals surface area contributed by atoms with Gasteiger partial charge in [0.15, 0.2) is 0 Å². The lowest BCUT2D eigenvalue weighted by Gasteiger charge is -2.36. The van der Waals surface area contributed by atoms with Crippen molar-refractivity contribution in [2.45, 2.75) is 90.9 Å². The van der Waals surface area contributed by atoms with E-state index in [1.165, 1.54) is 73.9 Å². The Hall–Kier alpha value is -2.72. The molecule has 0 aliphatic heterocycles. The second-order valence-electron chi connectivity index (χ2n) is 10.8. The highest BCUT2D eigenvalue weighted by Crippen LogP contribution is 2.42. The van der Waals surface area contributed by atoms with Gasteiger partial charge in [0.1, 0.15) is 0 Å². The number of allylic oxidation sites excluding steroid dienone is 4. The third-order valence-corrected chi connectivity index (χ3v) is 7.95. The first-order valence-electron chi connectivity index (χ1n) is 15.2. The highest BCUT2D eigenvalue weighted by Gasteiger charge is 2.34. The summed E-state index contributed by atoms with van der Waals surface area (Å²) in [5.74, 6) is 5.93. The van der Waals surface area contributed by atoms with Crippen LogP contribution < -0.4 is 21.1 Å². The molecule has 208 valence electrons. The molecule has 2 aromatic carbocycles. The summed E-state index contributed by atoms with van der Waals surface area (Å²) >= 11 is 0. The van der Waals surface area contributed by atoms with E-state index in [2.05, 4.69) is 110 Å². The van der Waals surface area contributed by atoms with E-state index in [4.69, 9.17) is 5.84 Å². The second kappa shape index (κ2) is 15.6. The minimum Gasteiger partial charge on any atom is -0.372 e. The fourth-order valence-electron chi connectivity index (χ4n) is 5.48. The van der Waals surface area contributed by atoms with Crippen molar-refractivity contribution >= 4 is 11.4 Å². The average molecular weight is 517 g/mol. The molecule has 3 N–H and O–H groups in total. The Morgan fingerprint density at radius 2 is 1.05 bits per heavy atom. The first-order valence-corrected chi connectivity index (χ1v) is 15.2. The SMILES string of the molecule is CCCCN(CCCC)c1ccc(C2(c3ccc(N(CCCC)CCCC)cc3)C=CC=C(NN)C2)cc1. The van der Waals surface area contributed by atoms with Gasteiger partial charge < -0.3 is 15.2 Å². The maximum atomic E-state index is 5.93. The van der Waals surface area contributed by atoms with E-state index in [9.17, 15) is 0 Å². The van der Waals surface area contributed by atoms with E-state index in [1.54, 1.807) is 0 Å². The predicted molar refractivity (Wildman–Crippen MR) is 167 cm³/mol. The van der Waals surface area contributed by atoms with E-state index in [1.807, 2.05) is 0 Å². The van der Waals surface area contributed by atoms with Gasteiger partial charge in [0.05, 0.1) is 0 Å². The van der Waals surface area contributed by atoms with Crippen LogP contribution in [-0.2, 0) is 5.41 Å². The Kier molecular flexibility index (Phi) is 12.3. The molecule has 0 spiro atoms. The van der Waals surface area contributed by atoms with Crippen molar-refractivity contribution in [3.05, 3.63) is 83.6 Å². The van der Waals surface area contributed by atoms with Gasteiger partial charge in [0.25, 0.3) is 0 Å². The number of hydrogen-bond acceptors (Lipinski definition) is 4. The molecule has 0 atom stereocenters. The largest absolute Gasteiger partial charge is 0.372 e. The van der Waals surface area contributed by atoms with E-state index in [-0.39, 0.29) is 5.41 Å². The summed E-state index contributed by atoms with van der Waals surface area (Å²) < 4.78 is 0. The van der Waals surface area contributed by atoms with Crippen LogP contribution in [0.3, 0.4) is 0 Å². The maximum absolute atomic E-state index is 5.93. The summed E-state index contributed by atoms with van der Waals surface area (Å²) in [6.45, 7) is 13.6. The highest BCUT2D eigenvalue weighted by molar-refractivity contribution is 5.57. The van der Waals surface area contributed by atoms with Gasteiger partial charge in [0, 0.05) is 55.1 Å². The number of unbranched alkanes of at least 4 members (excludes halogenated alkanes) is 4. The maximum Gasteiger partial charge on any atom is 0.0439 e. The normalized spacial score (nSPS) is 14.3. The van der Waals surface area contributed by atoms with Crippen LogP contribution in [0.25, 0.3) is 0 Å². The first-order chi connectivity index (χ1) is 18.6. The summed E-state index contributed by atoms with van der Waals surface area (Å²) in [4.78, 5) is 5.12. The number of nitrogens with one attached hydrogen (secondary N) is 1. The topological polar surface area (TPSA) is 44.5 Å². The van der Waals surface area contributed by atoms with Gasteiger partial charge >= 0.3 is 0 Å². The lowest BCUT2D eigenvalue weighted by Crippen LogP contribution is -2.33. The summed E-state index contributed by atoms with van der Waals surface area (Å²) in [6.07, 6.45) is 17.2. The molecule has 0 bridgehead atoms. The number of nitrogens with zero attached hydrogens (tertiary/aromatic N) is 2. The van der Waals surface area contributed by atoms with Crippen LogP contribution >= 0.6 is 0 Å². The molecule has 0 fully saturated rings. The highest BCUT2D eigenvalue weighted by atomic mass is 15.2. The quantitative estimate of drug-likeness (QED) is 0.165. The van der Waals surface area contributed by atoms with Gasteiger partial charge in [-0.3, -0.25) is 5.84 Å². The molecule has 38 heavy (non-hydrogen) atoms. The molecule has 1 aliphatic rings. The van der Waals surface area contributed by atoms with Crippen molar-refractivity contribution in [1.29, 1.82) is 0 Å². The number of nitrogens with two attached hydrogens (primary N) is 1. The Balaban J connectivity index is 1.94. The summed E-state index contributed by atoms with van der Waals surface area (Å²) in [5, 5.41) is 0. The Morgan fingerprint density at radius 3 is 1.39 bits per heavy atom. The molecule has 0 unspecified atom stereocenters. The predicted octanol–water partition coefficient (Wildman–Crippen LogP) is 8.09. The molecule has 0 aromatic heterocycles. The van der Waals surface area contributed by atoms with Crippen LogP contribution in [0.15, 0.2) is 72.5 Å². The van der Waals surface area contributed by atoms with E-state index in [0.29, 0.717) is 0 Å². The van der Waals surface area contributed by atoms with Crippen molar-refractivity contribution in [2.75, 3.05) is 36.0 Å². The number of hydrogen-bond donors (Lipinski definition) is 2. The number of anilines is 2. The van der Waals surface area contributed by atoms with Crippen LogP contribution in [0.1, 0.15) is 96.6 Å². The van der Waals surface area contributed by atoms with Gasteiger partial charge in [-0.1, -0.05) is 89.8 Å². The number of hydrazine groups is 1. The second-order valence-corrected chi connectivity index (χ2v) is 10.8. The minimum atomic E-state index is -0.247. The van der Waals surface area contributed by atoms with Crippen molar-refractivity contribution in [3.8, 4) is 0 Å². The fourth-order valence-corrected chi connectivity index (χ4v) is 5.48. The van der Waals surface area contributed by atoms with Crippen molar-refractivity contribution < 1.29 is 0 Å². The molecule has 0 heterocycles. The molecule has 2 aromatic rings. The van der Waals surface area contributed by atoms with Crippen molar-refractivity contribution in [2.24, 2.45) is 5.84 Å². The molecule has 0 amide bonds. The summed E-state index contributed by atoms with van der Waals surface area (Å²) in [7, 11) is 0. The fraction of sp³-hybridized carbons (Fsp3) is 0.529. The van der Waals surface area contributed by atoms with Crippen LogP contribution in [-0.4, -0.2) is 26.2 Å². The first kappa shape index (κ1) is 29.8. The Morgan fingerprint density at radius 1 is 0.658 bits per heavy atom. The molecule has 0 saturated heterocycles. The van der Waals surface area contributed by atoms with Gasteiger partial charge in [-0.05, 0) is 67.2 Å². The van der Waals surface area contributed by atoms with Crippen LogP contribution in [0.5, 0.6) is 0 Å². The standard InChI is InChI=1S/C34H52N4/c1-5-9-24-37(25-10-6-2)32-19-15-29(16-20-32)34(23-13-14-31(28-34)36-35)30-17-21-33(22-18-30)38(26-11-7-3)27-12-8-4/h13-23,36H,5-12,24-28,35H2,1-4H3. The third-order valence-electron chi connectivity index (χ3n) is 7.95. The zero-order valence-corrected chi connectivity index (χ0v) is 24.5. The van der Waals surface area contributed by atoms with Crippen LogP contribution in [0, 0.1) is 0 Å². The van der Waals surface area contributed by atoms with E-state index >= 15 is 0 Å². The molecule has 0 radical (unpaired) electrons. The summed E-state index contributed by atoms with van der Waals surface area (Å²) in [5.41, 5.74) is 9.03. The molecule has 3 rings (SSSR count). The monoisotopic (exact) mass is 516 g/mol. The zero-order chi connectivity index (χ0) is 27.2. The van der Waals surface area contributed by atoms with Gasteiger partial charge in [-0.25, -0.2) is 0 Å². The van der Waals surface area contributed by atoms with Crippen LogP contribution in [0.4, 0.5) is 11.4 Å². The smallest absolute Gasteiger partial charge is 0.0439 e. The van der Waals surface area contributed by atoms with Crippen LogP contribution in [0.2, 0.25) is 0 Å². The van der Waals surface area contributed by atoms with E-state index in [0.717, 1.165) is 38.3 Å². The molecule has 1 aliphatic carbocycles. The Labute approximate surface area is 233 Å². The number of benzene rings is 2.